The Kier molecular flexibility index (Phi) is 9.65. The van der Waals surface area contributed by atoms with Crippen LogP contribution in [-0.2, 0) is 11.4 Å². The van der Waals surface area contributed by atoms with E-state index in [1.165, 1.54) is 12.1 Å². The number of nitrogens with zero attached hydrogens (tertiary/aromatic N) is 1. The van der Waals surface area contributed by atoms with Crippen LogP contribution in [0.1, 0.15) is 18.1 Å². The van der Waals surface area contributed by atoms with E-state index in [0.717, 1.165) is 9.13 Å². The molecule has 0 aromatic heterocycles. The van der Waals surface area contributed by atoms with Crippen LogP contribution < -0.4 is 14.8 Å². The number of benzene rings is 3. The van der Waals surface area contributed by atoms with Crippen LogP contribution >= 0.6 is 61.7 Å². The van der Waals surface area contributed by atoms with Gasteiger partial charge >= 0.3 is 0 Å². The van der Waals surface area contributed by atoms with Crippen molar-refractivity contribution in [2.24, 2.45) is 0 Å². The van der Waals surface area contributed by atoms with Crippen LogP contribution in [0.4, 0.5) is 5.69 Å². The minimum atomic E-state index is -0.575. The molecule has 0 atom stereocenters. The van der Waals surface area contributed by atoms with Gasteiger partial charge in [0.05, 0.1) is 21.1 Å². The Hall–Kier alpha value is -2.25. The predicted molar refractivity (Wildman–Crippen MR) is 147 cm³/mol. The molecular formula is C25H18BrCl2IN2O3. The second-order valence-electron chi connectivity index (χ2n) is 6.93. The molecule has 3 aromatic carbocycles. The van der Waals surface area contributed by atoms with Crippen LogP contribution in [0.2, 0.25) is 10.0 Å². The van der Waals surface area contributed by atoms with Gasteiger partial charge in [0, 0.05) is 9.26 Å². The smallest absolute Gasteiger partial charge is 0.266 e. The third-order valence-corrected chi connectivity index (χ3v) is 6.53. The van der Waals surface area contributed by atoms with Gasteiger partial charge in [0.1, 0.15) is 18.2 Å². The van der Waals surface area contributed by atoms with E-state index in [4.69, 9.17) is 32.7 Å². The number of hydrogen-bond donors (Lipinski definition) is 1. The Morgan fingerprint density at radius 2 is 1.85 bits per heavy atom. The highest BCUT2D eigenvalue weighted by atomic mass is 127. The third-order valence-electron chi connectivity index (χ3n) is 4.48. The zero-order chi connectivity index (χ0) is 24.7. The van der Waals surface area contributed by atoms with Crippen LogP contribution in [0.3, 0.4) is 0 Å². The molecule has 3 aromatic rings. The van der Waals surface area contributed by atoms with Crippen molar-refractivity contribution in [3.05, 3.63) is 89.4 Å². The minimum absolute atomic E-state index is 0.0898. The van der Waals surface area contributed by atoms with Gasteiger partial charge in [-0.1, -0.05) is 35.3 Å². The summed E-state index contributed by atoms with van der Waals surface area (Å²) in [6, 6.07) is 18.1. The quantitative estimate of drug-likeness (QED) is 0.150. The summed E-state index contributed by atoms with van der Waals surface area (Å²) in [6.07, 6.45) is 1.48. The molecule has 174 valence electrons. The Bertz CT molecular complexity index is 1270. The molecule has 1 amide bonds. The first kappa shape index (κ1) is 26.4. The molecule has 0 aliphatic heterocycles. The largest absolute Gasteiger partial charge is 0.490 e. The number of hydrogen-bond acceptors (Lipinski definition) is 4. The van der Waals surface area contributed by atoms with Gasteiger partial charge in [-0.15, -0.1) is 0 Å². The molecule has 1 N–H and O–H groups in total. The summed E-state index contributed by atoms with van der Waals surface area (Å²) in [6.45, 7) is 2.65. The first-order valence-electron chi connectivity index (χ1n) is 10.0. The highest BCUT2D eigenvalue weighted by molar-refractivity contribution is 14.1. The van der Waals surface area contributed by atoms with Crippen molar-refractivity contribution in [1.82, 2.24) is 0 Å². The van der Waals surface area contributed by atoms with Crippen molar-refractivity contribution >= 4 is 79.4 Å². The number of nitriles is 1. The number of amides is 1. The fourth-order valence-corrected chi connectivity index (χ4v) is 4.13. The van der Waals surface area contributed by atoms with Gasteiger partial charge in [0.25, 0.3) is 5.91 Å². The fraction of sp³-hybridized carbons (Fsp3) is 0.120. The molecule has 0 bridgehead atoms. The van der Waals surface area contributed by atoms with Gasteiger partial charge in [-0.2, -0.15) is 5.26 Å². The predicted octanol–water partition coefficient (Wildman–Crippen LogP) is 7.88. The van der Waals surface area contributed by atoms with E-state index in [-0.39, 0.29) is 5.57 Å². The van der Waals surface area contributed by atoms with Crippen LogP contribution in [0.25, 0.3) is 6.08 Å². The van der Waals surface area contributed by atoms with Crippen molar-refractivity contribution in [3.63, 3.8) is 0 Å². The zero-order valence-electron chi connectivity index (χ0n) is 17.9. The SMILES string of the molecule is CCOc1cc(/C=C(\C#N)C(=O)Nc2ccc(Cl)c(Cl)c2)cc(Br)c1OCc1ccc(I)cc1. The normalized spacial score (nSPS) is 11.0. The average molecular weight is 672 g/mol. The Labute approximate surface area is 229 Å². The van der Waals surface area contributed by atoms with Gasteiger partial charge in [0.2, 0.25) is 0 Å². The fourth-order valence-electron chi connectivity index (χ4n) is 2.90. The second kappa shape index (κ2) is 12.5. The Morgan fingerprint density at radius 3 is 2.50 bits per heavy atom. The van der Waals surface area contributed by atoms with Gasteiger partial charge in [-0.25, -0.2) is 0 Å². The number of nitrogens with one attached hydrogen (secondary N) is 1. The van der Waals surface area contributed by atoms with Crippen LogP contribution in [0.5, 0.6) is 11.5 Å². The molecule has 0 aliphatic rings. The minimum Gasteiger partial charge on any atom is -0.490 e. The summed E-state index contributed by atoms with van der Waals surface area (Å²) in [5, 5.41) is 12.9. The van der Waals surface area contributed by atoms with Crippen molar-refractivity contribution in [2.45, 2.75) is 13.5 Å². The molecule has 0 unspecified atom stereocenters. The summed E-state index contributed by atoms with van der Waals surface area (Å²) in [7, 11) is 0. The molecule has 0 saturated carbocycles. The maximum Gasteiger partial charge on any atom is 0.266 e. The number of ether oxygens (including phenoxy) is 2. The van der Waals surface area contributed by atoms with E-state index < -0.39 is 5.91 Å². The summed E-state index contributed by atoms with van der Waals surface area (Å²) < 4.78 is 13.6. The molecule has 0 heterocycles. The van der Waals surface area contributed by atoms with E-state index in [9.17, 15) is 10.1 Å². The average Bonchev–Trinajstić information content (AvgIpc) is 2.80. The van der Waals surface area contributed by atoms with Crippen LogP contribution in [0, 0.1) is 14.9 Å². The topological polar surface area (TPSA) is 71.3 Å². The number of carbonyl (C=O) groups is 1. The van der Waals surface area contributed by atoms with Gasteiger partial charge in [-0.05, 0) is 105 Å². The number of halogens is 4. The van der Waals surface area contributed by atoms with Crippen molar-refractivity contribution < 1.29 is 14.3 Å². The first-order chi connectivity index (χ1) is 16.3. The molecule has 0 fully saturated rings. The van der Waals surface area contributed by atoms with Crippen LogP contribution in [0.15, 0.2) is 64.6 Å². The third kappa shape index (κ3) is 7.12. The first-order valence-corrected chi connectivity index (χ1v) is 12.6. The van der Waals surface area contributed by atoms with E-state index in [1.807, 2.05) is 37.3 Å². The summed E-state index contributed by atoms with van der Waals surface area (Å²) in [5.41, 5.74) is 1.95. The molecule has 5 nitrogen and oxygen atoms in total. The van der Waals surface area contributed by atoms with Gasteiger partial charge in [-0.3, -0.25) is 4.79 Å². The lowest BCUT2D eigenvalue weighted by Crippen LogP contribution is -2.13. The lowest BCUT2D eigenvalue weighted by molar-refractivity contribution is -0.112. The molecule has 34 heavy (non-hydrogen) atoms. The van der Waals surface area contributed by atoms with Gasteiger partial charge < -0.3 is 14.8 Å². The molecule has 0 aliphatic carbocycles. The monoisotopic (exact) mass is 670 g/mol. The molecule has 0 saturated heterocycles. The molecule has 0 spiro atoms. The standard InChI is InChI=1S/C25H18BrCl2IN2O3/c1-2-33-23-11-16(10-20(26)24(23)34-14-15-3-5-18(29)6-4-15)9-17(13-30)25(32)31-19-7-8-21(27)22(28)12-19/h3-12H,2,14H2,1H3,(H,31,32)/b17-9+. The second-order valence-corrected chi connectivity index (χ2v) is 9.85. The lowest BCUT2D eigenvalue weighted by Gasteiger charge is -2.15. The summed E-state index contributed by atoms with van der Waals surface area (Å²) in [4.78, 5) is 12.6. The molecular weight excluding hydrogens is 654 g/mol. The maximum atomic E-state index is 12.6. The Balaban J connectivity index is 1.84. The van der Waals surface area contributed by atoms with E-state index in [2.05, 4.69) is 43.8 Å². The van der Waals surface area contributed by atoms with Crippen LogP contribution in [-0.4, -0.2) is 12.5 Å². The summed E-state index contributed by atoms with van der Waals surface area (Å²) in [5.74, 6) is 0.459. The van der Waals surface area contributed by atoms with E-state index in [0.29, 0.717) is 50.5 Å². The molecule has 9 heteroatoms. The molecule has 3 rings (SSSR count). The highest BCUT2D eigenvalue weighted by Crippen LogP contribution is 2.38. The zero-order valence-corrected chi connectivity index (χ0v) is 23.1. The number of carbonyl (C=O) groups excluding carboxylic acids is 1. The van der Waals surface area contributed by atoms with Gasteiger partial charge in [0.15, 0.2) is 11.5 Å². The lowest BCUT2D eigenvalue weighted by atomic mass is 10.1. The maximum absolute atomic E-state index is 12.6. The number of anilines is 1. The number of rotatable bonds is 8. The van der Waals surface area contributed by atoms with E-state index in [1.54, 1.807) is 24.3 Å². The Morgan fingerprint density at radius 1 is 1.12 bits per heavy atom. The van der Waals surface area contributed by atoms with Crippen molar-refractivity contribution in [3.8, 4) is 17.6 Å². The van der Waals surface area contributed by atoms with Crippen molar-refractivity contribution in [1.29, 1.82) is 5.26 Å². The van der Waals surface area contributed by atoms with E-state index >= 15 is 0 Å². The summed E-state index contributed by atoms with van der Waals surface area (Å²) >= 11 is 17.7. The van der Waals surface area contributed by atoms with Crippen molar-refractivity contribution in [2.75, 3.05) is 11.9 Å². The molecule has 0 radical (unpaired) electrons. The highest BCUT2D eigenvalue weighted by Gasteiger charge is 2.15.